The SMILES string of the molecule is Cc1cccc(NC(=O)N2CCC(C(=O)NCc3ccccc3OCCN(C)C)CC2)c1. The van der Waals surface area contributed by atoms with Crippen LogP contribution in [-0.4, -0.2) is 62.1 Å². The van der Waals surface area contributed by atoms with Crippen molar-refractivity contribution in [2.45, 2.75) is 26.3 Å². The van der Waals surface area contributed by atoms with Gasteiger partial charge in [0.25, 0.3) is 0 Å². The van der Waals surface area contributed by atoms with Crippen molar-refractivity contribution >= 4 is 17.6 Å². The fourth-order valence-electron chi connectivity index (χ4n) is 3.73. The molecule has 1 saturated heterocycles. The van der Waals surface area contributed by atoms with E-state index in [0.29, 0.717) is 39.1 Å². The van der Waals surface area contributed by atoms with Crippen LogP contribution in [0.3, 0.4) is 0 Å². The van der Waals surface area contributed by atoms with Crippen molar-refractivity contribution in [3.8, 4) is 5.75 Å². The molecule has 3 rings (SSSR count). The number of carbonyl (C=O) groups excluding carboxylic acids is 2. The molecule has 2 N–H and O–H groups in total. The number of likely N-dealkylation sites (tertiary alicyclic amines) is 1. The first-order valence-electron chi connectivity index (χ1n) is 11.2. The molecule has 2 aromatic rings. The number of nitrogens with one attached hydrogen (secondary N) is 2. The minimum Gasteiger partial charge on any atom is -0.492 e. The van der Waals surface area contributed by atoms with Crippen molar-refractivity contribution < 1.29 is 14.3 Å². The maximum absolute atomic E-state index is 12.7. The van der Waals surface area contributed by atoms with Crippen LogP contribution in [0.1, 0.15) is 24.0 Å². The number of rotatable bonds is 8. The molecule has 2 aromatic carbocycles. The largest absolute Gasteiger partial charge is 0.492 e. The van der Waals surface area contributed by atoms with Gasteiger partial charge >= 0.3 is 6.03 Å². The normalized spacial score (nSPS) is 14.3. The summed E-state index contributed by atoms with van der Waals surface area (Å²) in [5.74, 6) is 0.754. The van der Waals surface area contributed by atoms with Crippen LogP contribution in [0.2, 0.25) is 0 Å². The van der Waals surface area contributed by atoms with E-state index in [1.54, 1.807) is 4.90 Å². The lowest BCUT2D eigenvalue weighted by atomic mass is 9.96. The molecule has 0 unspecified atom stereocenters. The highest BCUT2D eigenvalue weighted by molar-refractivity contribution is 5.89. The Morgan fingerprint density at radius 3 is 2.56 bits per heavy atom. The summed E-state index contributed by atoms with van der Waals surface area (Å²) in [5, 5.41) is 5.99. The minimum atomic E-state index is -0.113. The third kappa shape index (κ3) is 6.99. The molecule has 0 saturated carbocycles. The summed E-state index contributed by atoms with van der Waals surface area (Å²) in [6.45, 7) is 5.00. The maximum atomic E-state index is 12.7. The van der Waals surface area contributed by atoms with Crippen molar-refractivity contribution in [1.29, 1.82) is 0 Å². The van der Waals surface area contributed by atoms with Crippen LogP contribution in [0, 0.1) is 12.8 Å². The van der Waals surface area contributed by atoms with Gasteiger partial charge in [-0.2, -0.15) is 0 Å². The number of nitrogens with zero attached hydrogens (tertiary/aromatic N) is 2. The lowest BCUT2D eigenvalue weighted by molar-refractivity contribution is -0.126. The van der Waals surface area contributed by atoms with Gasteiger partial charge in [0.15, 0.2) is 0 Å². The molecule has 7 nitrogen and oxygen atoms in total. The quantitative estimate of drug-likeness (QED) is 0.662. The Hall–Kier alpha value is -3.06. The predicted octanol–water partition coefficient (Wildman–Crippen LogP) is 3.50. The zero-order chi connectivity index (χ0) is 22.9. The number of para-hydroxylation sites is 1. The van der Waals surface area contributed by atoms with Crippen molar-refractivity contribution in [3.05, 3.63) is 59.7 Å². The second-order valence-corrected chi connectivity index (χ2v) is 8.54. The number of anilines is 1. The van der Waals surface area contributed by atoms with Crippen LogP contribution in [-0.2, 0) is 11.3 Å². The average Bonchev–Trinajstić information content (AvgIpc) is 2.78. The molecule has 1 aliphatic rings. The number of carbonyl (C=O) groups is 2. The first kappa shape index (κ1) is 23.6. The molecule has 0 aromatic heterocycles. The predicted molar refractivity (Wildman–Crippen MR) is 127 cm³/mol. The van der Waals surface area contributed by atoms with Gasteiger partial charge < -0.3 is 25.2 Å². The molecule has 3 amide bonds. The smallest absolute Gasteiger partial charge is 0.321 e. The molecular weight excluding hydrogens is 404 g/mol. The van der Waals surface area contributed by atoms with Gasteiger partial charge in [-0.25, -0.2) is 4.79 Å². The summed E-state index contributed by atoms with van der Waals surface area (Å²) in [7, 11) is 4.01. The molecule has 7 heteroatoms. The first-order chi connectivity index (χ1) is 15.4. The number of benzene rings is 2. The standard InChI is InChI=1S/C25H34N4O3/c1-19-7-6-9-22(17-19)27-25(31)29-13-11-20(12-14-29)24(30)26-18-21-8-4-5-10-23(21)32-16-15-28(2)3/h4-10,17,20H,11-16,18H2,1-3H3,(H,26,30)(H,27,31). The molecular formula is C25H34N4O3. The number of likely N-dealkylation sites (N-methyl/N-ethyl adjacent to an activating group) is 1. The number of urea groups is 1. The lowest BCUT2D eigenvalue weighted by Crippen LogP contribution is -2.44. The molecule has 1 heterocycles. The van der Waals surface area contributed by atoms with E-state index in [1.165, 1.54) is 0 Å². The van der Waals surface area contributed by atoms with Gasteiger partial charge in [0.1, 0.15) is 12.4 Å². The van der Waals surface area contributed by atoms with Gasteiger partial charge in [0.05, 0.1) is 0 Å². The van der Waals surface area contributed by atoms with Gasteiger partial charge in [-0.05, 0) is 57.6 Å². The fourth-order valence-corrected chi connectivity index (χ4v) is 3.73. The molecule has 0 radical (unpaired) electrons. The Kier molecular flexibility index (Phi) is 8.50. The fraction of sp³-hybridized carbons (Fsp3) is 0.440. The summed E-state index contributed by atoms with van der Waals surface area (Å²) in [6.07, 6.45) is 1.32. The molecule has 0 bridgehead atoms. The van der Waals surface area contributed by atoms with E-state index < -0.39 is 0 Å². The number of hydrogen-bond acceptors (Lipinski definition) is 4. The Morgan fingerprint density at radius 1 is 1.09 bits per heavy atom. The van der Waals surface area contributed by atoms with Gasteiger partial charge in [-0.15, -0.1) is 0 Å². The van der Waals surface area contributed by atoms with E-state index in [4.69, 9.17) is 4.74 Å². The zero-order valence-electron chi connectivity index (χ0n) is 19.3. The molecule has 0 atom stereocenters. The second kappa shape index (κ2) is 11.5. The minimum absolute atomic E-state index is 0.0341. The Labute approximate surface area is 190 Å². The van der Waals surface area contributed by atoms with Gasteiger partial charge in [-0.3, -0.25) is 4.79 Å². The summed E-state index contributed by atoms with van der Waals surface area (Å²) in [4.78, 5) is 29.1. The molecule has 0 aliphatic carbocycles. The Balaban J connectivity index is 1.44. The van der Waals surface area contributed by atoms with Gasteiger partial charge in [0, 0.05) is 43.3 Å². The number of ether oxygens (including phenoxy) is 1. The summed E-state index contributed by atoms with van der Waals surface area (Å²) in [5.41, 5.74) is 2.86. The molecule has 1 aliphatic heterocycles. The highest BCUT2D eigenvalue weighted by atomic mass is 16.5. The third-order valence-electron chi connectivity index (χ3n) is 5.64. The van der Waals surface area contributed by atoms with E-state index >= 15 is 0 Å². The van der Waals surface area contributed by atoms with Gasteiger partial charge in [-0.1, -0.05) is 30.3 Å². The zero-order valence-corrected chi connectivity index (χ0v) is 19.3. The van der Waals surface area contributed by atoms with Crippen LogP contribution in [0.4, 0.5) is 10.5 Å². The van der Waals surface area contributed by atoms with Crippen LogP contribution in [0.15, 0.2) is 48.5 Å². The third-order valence-corrected chi connectivity index (χ3v) is 5.64. The highest BCUT2D eigenvalue weighted by Gasteiger charge is 2.27. The first-order valence-corrected chi connectivity index (χ1v) is 11.2. The molecule has 0 spiro atoms. The van der Waals surface area contributed by atoms with E-state index in [9.17, 15) is 9.59 Å². The second-order valence-electron chi connectivity index (χ2n) is 8.54. The Bertz CT molecular complexity index is 908. The van der Waals surface area contributed by atoms with Crippen molar-refractivity contribution in [1.82, 2.24) is 15.1 Å². The number of hydrogen-bond donors (Lipinski definition) is 2. The summed E-state index contributed by atoms with van der Waals surface area (Å²) < 4.78 is 5.88. The number of amides is 3. The maximum Gasteiger partial charge on any atom is 0.321 e. The van der Waals surface area contributed by atoms with Crippen LogP contribution in [0.5, 0.6) is 5.75 Å². The lowest BCUT2D eigenvalue weighted by Gasteiger charge is -2.31. The topological polar surface area (TPSA) is 73.9 Å². The Morgan fingerprint density at radius 2 is 1.84 bits per heavy atom. The van der Waals surface area contributed by atoms with Crippen LogP contribution >= 0.6 is 0 Å². The molecule has 172 valence electrons. The molecule has 1 fully saturated rings. The number of piperidine rings is 1. The molecule has 32 heavy (non-hydrogen) atoms. The van der Waals surface area contributed by atoms with Crippen molar-refractivity contribution in [2.75, 3.05) is 45.7 Å². The van der Waals surface area contributed by atoms with E-state index in [0.717, 1.165) is 29.1 Å². The van der Waals surface area contributed by atoms with Crippen LogP contribution in [0.25, 0.3) is 0 Å². The van der Waals surface area contributed by atoms with Crippen molar-refractivity contribution in [3.63, 3.8) is 0 Å². The van der Waals surface area contributed by atoms with E-state index in [-0.39, 0.29) is 17.9 Å². The summed E-state index contributed by atoms with van der Waals surface area (Å²) >= 11 is 0. The van der Waals surface area contributed by atoms with Gasteiger partial charge in [0.2, 0.25) is 5.91 Å². The van der Waals surface area contributed by atoms with E-state index in [2.05, 4.69) is 15.5 Å². The van der Waals surface area contributed by atoms with Crippen molar-refractivity contribution in [2.24, 2.45) is 5.92 Å². The van der Waals surface area contributed by atoms with Crippen LogP contribution < -0.4 is 15.4 Å². The summed E-state index contributed by atoms with van der Waals surface area (Å²) in [6, 6.07) is 15.4. The monoisotopic (exact) mass is 438 g/mol. The van der Waals surface area contributed by atoms with E-state index in [1.807, 2.05) is 69.6 Å². The average molecular weight is 439 g/mol. The number of aryl methyl sites for hydroxylation is 1. The highest BCUT2D eigenvalue weighted by Crippen LogP contribution is 2.21.